The molecule has 1 saturated carbocycles. The fraction of sp³-hybridized carbons (Fsp3) is 0.304. The van der Waals surface area contributed by atoms with Gasteiger partial charge in [0.25, 0.3) is 5.91 Å². The van der Waals surface area contributed by atoms with Crippen LogP contribution in [0.4, 0.5) is 15.9 Å². The van der Waals surface area contributed by atoms with Crippen LogP contribution in [0, 0.1) is 12.7 Å². The van der Waals surface area contributed by atoms with Crippen LogP contribution in [0.5, 0.6) is 0 Å². The van der Waals surface area contributed by atoms with E-state index >= 15 is 0 Å². The van der Waals surface area contributed by atoms with Gasteiger partial charge in [-0.25, -0.2) is 9.37 Å². The highest BCUT2D eigenvalue weighted by molar-refractivity contribution is 6.12. The lowest BCUT2D eigenvalue weighted by Gasteiger charge is -2.36. The van der Waals surface area contributed by atoms with Crippen molar-refractivity contribution in [3.63, 3.8) is 0 Å². The lowest BCUT2D eigenvalue weighted by Crippen LogP contribution is -2.53. The van der Waals surface area contributed by atoms with Crippen LogP contribution in [-0.2, 0) is 0 Å². The number of nitrogens with one attached hydrogen (secondary N) is 2. The molecule has 0 unspecified atom stereocenters. The molecule has 10 heteroatoms. The highest BCUT2D eigenvalue weighted by Gasteiger charge is 2.46. The van der Waals surface area contributed by atoms with Gasteiger partial charge in [-0.3, -0.25) is 9.20 Å². The predicted molar refractivity (Wildman–Crippen MR) is 127 cm³/mol. The first-order valence-electron chi connectivity index (χ1n) is 10.7. The maximum Gasteiger partial charge on any atom is 0.258 e. The van der Waals surface area contributed by atoms with Gasteiger partial charge in [0.1, 0.15) is 11.3 Å². The number of rotatable bonds is 3. The number of halogens is 2. The minimum absolute atomic E-state index is 0. The molecule has 6 rings (SSSR count). The number of anilines is 2. The number of hydrogen-bond donors (Lipinski definition) is 2. The van der Waals surface area contributed by atoms with Crippen molar-refractivity contribution >= 4 is 46.4 Å². The van der Waals surface area contributed by atoms with Crippen LogP contribution in [0.15, 0.2) is 42.7 Å². The summed E-state index contributed by atoms with van der Waals surface area (Å²) in [5.74, 6) is -0.0928. The molecular formula is C23H23ClFN7O. The van der Waals surface area contributed by atoms with Crippen LogP contribution >= 0.6 is 12.4 Å². The summed E-state index contributed by atoms with van der Waals surface area (Å²) >= 11 is 0. The fourth-order valence-corrected chi connectivity index (χ4v) is 4.64. The topological polar surface area (TPSA) is 87.5 Å². The van der Waals surface area contributed by atoms with Crippen molar-refractivity contribution in [2.24, 2.45) is 0 Å². The van der Waals surface area contributed by atoms with E-state index in [0.29, 0.717) is 22.5 Å². The zero-order valence-electron chi connectivity index (χ0n) is 18.0. The van der Waals surface area contributed by atoms with Gasteiger partial charge in [-0.2, -0.15) is 5.10 Å². The standard InChI is InChI=1S/C23H22FN7O.ClH/c1-14-12-31-20(27-14)17(24)11-18(22(31)30-10-9-25-23(13-30)6-7-23)28-21(32)16-4-2-3-15-5-8-26-29-19(15)16;/h2-5,8,11-12,25H,6-7,9-10,13H2,1H3,(H,28,32);1H. The number of amides is 1. The number of carbonyl (C=O) groups is 1. The molecule has 8 nitrogen and oxygen atoms in total. The molecule has 2 aliphatic rings. The van der Waals surface area contributed by atoms with Gasteiger partial charge in [0.2, 0.25) is 0 Å². The summed E-state index contributed by atoms with van der Waals surface area (Å²) in [6, 6.07) is 8.55. The Bertz CT molecular complexity index is 1380. The first-order valence-corrected chi connectivity index (χ1v) is 10.7. The zero-order valence-corrected chi connectivity index (χ0v) is 18.8. The van der Waals surface area contributed by atoms with Crippen LogP contribution in [0.3, 0.4) is 0 Å². The molecule has 2 fully saturated rings. The molecule has 1 aliphatic carbocycles. The maximum absolute atomic E-state index is 15.0. The minimum Gasteiger partial charge on any atom is -0.353 e. The second-order valence-corrected chi connectivity index (χ2v) is 8.66. The molecule has 2 N–H and O–H groups in total. The summed E-state index contributed by atoms with van der Waals surface area (Å²) in [4.78, 5) is 19.9. The molecule has 0 radical (unpaired) electrons. The van der Waals surface area contributed by atoms with Crippen LogP contribution in [-0.4, -0.2) is 50.7 Å². The van der Waals surface area contributed by atoms with E-state index in [9.17, 15) is 9.18 Å². The van der Waals surface area contributed by atoms with Gasteiger partial charge >= 0.3 is 0 Å². The summed E-state index contributed by atoms with van der Waals surface area (Å²) in [6.07, 6.45) is 5.64. The summed E-state index contributed by atoms with van der Waals surface area (Å²) in [5, 5.41) is 15.4. The first kappa shape index (κ1) is 21.5. The molecule has 1 spiro atoms. The van der Waals surface area contributed by atoms with Crippen molar-refractivity contribution in [2.75, 3.05) is 29.9 Å². The normalized spacial score (nSPS) is 16.7. The highest BCUT2D eigenvalue weighted by atomic mass is 35.5. The van der Waals surface area contributed by atoms with Crippen molar-refractivity contribution in [3.05, 3.63) is 59.8 Å². The van der Waals surface area contributed by atoms with E-state index in [-0.39, 0.29) is 29.5 Å². The number of nitrogens with zero attached hydrogens (tertiary/aromatic N) is 5. The molecule has 1 amide bonds. The van der Waals surface area contributed by atoms with E-state index in [2.05, 4.69) is 30.7 Å². The Balaban J connectivity index is 0.00000228. The molecule has 4 aromatic rings. The van der Waals surface area contributed by atoms with E-state index < -0.39 is 5.82 Å². The van der Waals surface area contributed by atoms with Gasteiger partial charge in [0, 0.05) is 42.8 Å². The number of hydrogen-bond acceptors (Lipinski definition) is 6. The van der Waals surface area contributed by atoms with Crippen LogP contribution < -0.4 is 15.5 Å². The molecule has 1 aliphatic heterocycles. The lowest BCUT2D eigenvalue weighted by atomic mass is 10.1. The molecular weight excluding hydrogens is 445 g/mol. The molecule has 3 aromatic heterocycles. The summed E-state index contributed by atoms with van der Waals surface area (Å²) < 4.78 is 16.7. The number of piperazine rings is 1. The Morgan fingerprint density at radius 1 is 1.27 bits per heavy atom. The maximum atomic E-state index is 15.0. The Hall–Kier alpha value is -3.30. The number of benzene rings is 1. The number of imidazole rings is 1. The van der Waals surface area contributed by atoms with Crippen molar-refractivity contribution in [1.29, 1.82) is 0 Å². The van der Waals surface area contributed by atoms with Crippen molar-refractivity contribution in [3.8, 4) is 0 Å². The monoisotopic (exact) mass is 467 g/mol. The average molecular weight is 468 g/mol. The third-order valence-electron chi connectivity index (χ3n) is 6.35. The largest absolute Gasteiger partial charge is 0.353 e. The van der Waals surface area contributed by atoms with E-state index in [4.69, 9.17) is 0 Å². The summed E-state index contributed by atoms with van der Waals surface area (Å²) in [6.45, 7) is 4.22. The lowest BCUT2D eigenvalue weighted by molar-refractivity contribution is 0.102. The van der Waals surface area contributed by atoms with E-state index in [1.165, 1.54) is 6.07 Å². The van der Waals surface area contributed by atoms with Crippen molar-refractivity contribution in [1.82, 2.24) is 24.9 Å². The fourth-order valence-electron chi connectivity index (χ4n) is 4.64. The van der Waals surface area contributed by atoms with Gasteiger partial charge in [0.05, 0.1) is 23.1 Å². The van der Waals surface area contributed by atoms with E-state index in [0.717, 1.165) is 43.7 Å². The first-order chi connectivity index (χ1) is 15.5. The minimum atomic E-state index is -0.480. The number of aromatic nitrogens is 4. The third-order valence-corrected chi connectivity index (χ3v) is 6.35. The molecule has 1 aromatic carbocycles. The predicted octanol–water partition coefficient (Wildman–Crippen LogP) is 3.34. The zero-order chi connectivity index (χ0) is 21.9. The van der Waals surface area contributed by atoms with E-state index in [1.54, 1.807) is 28.8 Å². The number of pyridine rings is 1. The molecule has 0 bridgehead atoms. The molecule has 0 atom stereocenters. The molecule has 33 heavy (non-hydrogen) atoms. The van der Waals surface area contributed by atoms with Gasteiger partial charge in [-0.05, 0) is 31.9 Å². The number of fused-ring (bicyclic) bond motifs is 2. The SMILES string of the molecule is Cc1cn2c(N3CCNC4(CC4)C3)c(NC(=O)c3cccc4ccnnc34)cc(F)c2n1.Cl. The van der Waals surface area contributed by atoms with Gasteiger partial charge in [0.15, 0.2) is 11.5 Å². The quantitative estimate of drug-likeness (QED) is 0.480. The highest BCUT2D eigenvalue weighted by Crippen LogP contribution is 2.40. The third kappa shape index (κ3) is 3.67. The molecule has 4 heterocycles. The Morgan fingerprint density at radius 3 is 2.94 bits per heavy atom. The van der Waals surface area contributed by atoms with Crippen LogP contribution in [0.1, 0.15) is 28.9 Å². The van der Waals surface area contributed by atoms with Gasteiger partial charge < -0.3 is 15.5 Å². The second kappa shape index (κ2) is 7.93. The van der Waals surface area contributed by atoms with Gasteiger partial charge in [-0.1, -0.05) is 12.1 Å². The number of carbonyl (C=O) groups excluding carboxylic acids is 1. The Kier molecular flexibility index (Phi) is 5.18. The van der Waals surface area contributed by atoms with Crippen LogP contribution in [0.2, 0.25) is 0 Å². The van der Waals surface area contributed by atoms with Gasteiger partial charge in [-0.15, -0.1) is 17.5 Å². The summed E-state index contributed by atoms with van der Waals surface area (Å²) in [7, 11) is 0. The Morgan fingerprint density at radius 2 is 2.12 bits per heavy atom. The Labute approximate surface area is 195 Å². The van der Waals surface area contributed by atoms with Crippen molar-refractivity contribution in [2.45, 2.75) is 25.3 Å². The smallest absolute Gasteiger partial charge is 0.258 e. The van der Waals surface area contributed by atoms with E-state index in [1.807, 2.05) is 19.2 Å². The second-order valence-electron chi connectivity index (χ2n) is 8.66. The number of aryl methyl sites for hydroxylation is 1. The van der Waals surface area contributed by atoms with Crippen molar-refractivity contribution < 1.29 is 9.18 Å². The van der Waals surface area contributed by atoms with Crippen LogP contribution in [0.25, 0.3) is 16.6 Å². The molecule has 1 saturated heterocycles. The summed E-state index contributed by atoms with van der Waals surface area (Å²) in [5.41, 5.74) is 2.40. The average Bonchev–Trinajstić information content (AvgIpc) is 3.40. The molecule has 170 valence electrons.